The SMILES string of the molecule is NC(=O)C1CCCN1c1nc2ccccc2nc1N. The highest BCUT2D eigenvalue weighted by atomic mass is 16.1. The minimum absolute atomic E-state index is 0.335. The quantitative estimate of drug-likeness (QED) is 0.823. The summed E-state index contributed by atoms with van der Waals surface area (Å²) in [6, 6.07) is 7.18. The first-order chi connectivity index (χ1) is 9.16. The van der Waals surface area contributed by atoms with E-state index in [0.29, 0.717) is 11.6 Å². The number of para-hydroxylation sites is 2. The summed E-state index contributed by atoms with van der Waals surface area (Å²) in [6.07, 6.45) is 1.64. The first-order valence-electron chi connectivity index (χ1n) is 6.25. The molecule has 3 rings (SSSR count). The predicted molar refractivity (Wildman–Crippen MR) is 73.5 cm³/mol. The number of anilines is 2. The Labute approximate surface area is 110 Å². The Morgan fingerprint density at radius 3 is 2.63 bits per heavy atom. The van der Waals surface area contributed by atoms with E-state index in [-0.39, 0.29) is 11.9 Å². The summed E-state index contributed by atoms with van der Waals surface area (Å²) < 4.78 is 0. The van der Waals surface area contributed by atoms with Gasteiger partial charge < -0.3 is 16.4 Å². The number of carbonyl (C=O) groups is 1. The van der Waals surface area contributed by atoms with E-state index in [4.69, 9.17) is 11.5 Å². The molecule has 19 heavy (non-hydrogen) atoms. The largest absolute Gasteiger partial charge is 0.381 e. The third kappa shape index (κ3) is 1.95. The second kappa shape index (κ2) is 4.38. The molecule has 1 aliphatic heterocycles. The van der Waals surface area contributed by atoms with Gasteiger partial charge in [0.25, 0.3) is 0 Å². The number of aromatic nitrogens is 2. The van der Waals surface area contributed by atoms with Crippen LogP contribution in [0.2, 0.25) is 0 Å². The Balaban J connectivity index is 2.09. The normalized spacial score (nSPS) is 18.9. The lowest BCUT2D eigenvalue weighted by molar-refractivity contribution is -0.119. The summed E-state index contributed by atoms with van der Waals surface area (Å²) in [6.45, 7) is 0.727. The van der Waals surface area contributed by atoms with Crippen LogP contribution in [-0.2, 0) is 4.79 Å². The zero-order chi connectivity index (χ0) is 13.4. The van der Waals surface area contributed by atoms with Gasteiger partial charge in [-0.2, -0.15) is 0 Å². The van der Waals surface area contributed by atoms with E-state index >= 15 is 0 Å². The molecule has 0 spiro atoms. The van der Waals surface area contributed by atoms with Gasteiger partial charge >= 0.3 is 0 Å². The van der Waals surface area contributed by atoms with Crippen molar-refractivity contribution in [1.82, 2.24) is 9.97 Å². The molecule has 1 aliphatic rings. The molecule has 6 heteroatoms. The maximum Gasteiger partial charge on any atom is 0.240 e. The Hall–Kier alpha value is -2.37. The van der Waals surface area contributed by atoms with Crippen molar-refractivity contribution in [3.05, 3.63) is 24.3 Å². The van der Waals surface area contributed by atoms with Gasteiger partial charge in [0.15, 0.2) is 11.6 Å². The van der Waals surface area contributed by atoms with Gasteiger partial charge in [0.2, 0.25) is 5.91 Å². The molecule has 1 aromatic heterocycles. The Bertz CT molecular complexity index is 642. The van der Waals surface area contributed by atoms with Gasteiger partial charge in [0.05, 0.1) is 11.0 Å². The molecule has 98 valence electrons. The minimum Gasteiger partial charge on any atom is -0.381 e. The molecule has 2 heterocycles. The van der Waals surface area contributed by atoms with Crippen LogP contribution < -0.4 is 16.4 Å². The van der Waals surface area contributed by atoms with Crippen LogP contribution >= 0.6 is 0 Å². The molecule has 0 bridgehead atoms. The molecule has 0 radical (unpaired) electrons. The van der Waals surface area contributed by atoms with Gasteiger partial charge in [0, 0.05) is 6.54 Å². The number of amides is 1. The lowest BCUT2D eigenvalue weighted by Gasteiger charge is -2.24. The predicted octanol–water partition coefficient (Wildman–Crippen LogP) is 0.666. The molecule has 1 unspecified atom stereocenters. The van der Waals surface area contributed by atoms with E-state index in [2.05, 4.69) is 9.97 Å². The standard InChI is InChI=1S/C13H15N5O/c14-11-13(18-7-3-6-10(18)12(15)19)17-9-5-2-1-4-8(9)16-11/h1-2,4-5,10H,3,6-7H2,(H2,14,16)(H2,15,19). The number of nitrogens with two attached hydrogens (primary N) is 2. The van der Waals surface area contributed by atoms with Gasteiger partial charge in [0.1, 0.15) is 6.04 Å². The van der Waals surface area contributed by atoms with Crippen molar-refractivity contribution >= 4 is 28.6 Å². The highest BCUT2D eigenvalue weighted by molar-refractivity contribution is 5.86. The molecule has 0 aliphatic carbocycles. The molecule has 6 nitrogen and oxygen atoms in total. The fourth-order valence-electron chi connectivity index (χ4n) is 2.53. The number of nitrogens with zero attached hydrogens (tertiary/aromatic N) is 3. The summed E-state index contributed by atoms with van der Waals surface area (Å²) in [5.74, 6) is 0.554. The minimum atomic E-state index is -0.341. The fourth-order valence-corrected chi connectivity index (χ4v) is 2.53. The van der Waals surface area contributed by atoms with Crippen molar-refractivity contribution in [3.63, 3.8) is 0 Å². The molecule has 1 fully saturated rings. The van der Waals surface area contributed by atoms with Crippen LogP contribution in [0.5, 0.6) is 0 Å². The maximum absolute atomic E-state index is 11.5. The van der Waals surface area contributed by atoms with Crippen molar-refractivity contribution < 1.29 is 4.79 Å². The molecule has 0 saturated carbocycles. The van der Waals surface area contributed by atoms with Crippen LogP contribution in [0.1, 0.15) is 12.8 Å². The highest BCUT2D eigenvalue weighted by Crippen LogP contribution is 2.29. The zero-order valence-corrected chi connectivity index (χ0v) is 10.4. The highest BCUT2D eigenvalue weighted by Gasteiger charge is 2.31. The van der Waals surface area contributed by atoms with E-state index in [1.807, 2.05) is 29.2 Å². The van der Waals surface area contributed by atoms with Crippen molar-refractivity contribution in [3.8, 4) is 0 Å². The summed E-state index contributed by atoms with van der Waals surface area (Å²) >= 11 is 0. The molecular formula is C13H15N5O. The second-order valence-electron chi connectivity index (χ2n) is 4.67. The van der Waals surface area contributed by atoms with E-state index in [1.54, 1.807) is 0 Å². The Kier molecular flexibility index (Phi) is 2.70. The lowest BCUT2D eigenvalue weighted by atomic mass is 10.2. The first kappa shape index (κ1) is 11.7. The summed E-state index contributed by atoms with van der Waals surface area (Å²) in [7, 11) is 0. The number of benzene rings is 1. The third-order valence-corrected chi connectivity index (χ3v) is 3.43. The zero-order valence-electron chi connectivity index (χ0n) is 10.4. The second-order valence-corrected chi connectivity index (χ2v) is 4.67. The number of hydrogen-bond donors (Lipinski definition) is 2. The summed E-state index contributed by atoms with van der Waals surface area (Å²) in [5, 5.41) is 0. The van der Waals surface area contributed by atoms with Gasteiger partial charge in [-0.25, -0.2) is 9.97 Å². The third-order valence-electron chi connectivity index (χ3n) is 3.43. The van der Waals surface area contributed by atoms with Crippen LogP contribution in [0.4, 0.5) is 11.6 Å². The van der Waals surface area contributed by atoms with Crippen molar-refractivity contribution in [2.24, 2.45) is 5.73 Å². The van der Waals surface area contributed by atoms with Crippen LogP contribution in [0.25, 0.3) is 11.0 Å². The maximum atomic E-state index is 11.5. The molecule has 1 aromatic carbocycles. The fraction of sp³-hybridized carbons (Fsp3) is 0.308. The van der Waals surface area contributed by atoms with Crippen LogP contribution in [-0.4, -0.2) is 28.5 Å². The number of carbonyl (C=O) groups excluding carboxylic acids is 1. The summed E-state index contributed by atoms with van der Waals surface area (Å²) in [5.41, 5.74) is 12.9. The molecule has 1 saturated heterocycles. The number of hydrogen-bond acceptors (Lipinski definition) is 5. The van der Waals surface area contributed by atoms with Gasteiger partial charge in [-0.1, -0.05) is 12.1 Å². The molecule has 2 aromatic rings. The summed E-state index contributed by atoms with van der Waals surface area (Å²) in [4.78, 5) is 22.2. The number of fused-ring (bicyclic) bond motifs is 1. The van der Waals surface area contributed by atoms with E-state index in [1.165, 1.54) is 0 Å². The molecule has 1 amide bonds. The van der Waals surface area contributed by atoms with Crippen molar-refractivity contribution in [2.75, 3.05) is 17.2 Å². The number of rotatable bonds is 2. The van der Waals surface area contributed by atoms with Gasteiger partial charge in [-0.3, -0.25) is 4.79 Å². The van der Waals surface area contributed by atoms with Crippen molar-refractivity contribution in [2.45, 2.75) is 18.9 Å². The molecule has 1 atom stereocenters. The average Bonchev–Trinajstić information content (AvgIpc) is 2.87. The first-order valence-corrected chi connectivity index (χ1v) is 6.25. The van der Waals surface area contributed by atoms with E-state index < -0.39 is 0 Å². The van der Waals surface area contributed by atoms with E-state index in [0.717, 1.165) is 30.4 Å². The van der Waals surface area contributed by atoms with E-state index in [9.17, 15) is 4.79 Å². The molecule has 4 N–H and O–H groups in total. The molecular weight excluding hydrogens is 242 g/mol. The topological polar surface area (TPSA) is 98.1 Å². The lowest BCUT2D eigenvalue weighted by Crippen LogP contribution is -2.41. The average molecular weight is 257 g/mol. The van der Waals surface area contributed by atoms with Crippen LogP contribution in [0, 0.1) is 0 Å². The monoisotopic (exact) mass is 257 g/mol. The van der Waals surface area contributed by atoms with Crippen molar-refractivity contribution in [1.29, 1.82) is 0 Å². The number of nitrogen functional groups attached to an aromatic ring is 1. The van der Waals surface area contributed by atoms with Gasteiger partial charge in [-0.15, -0.1) is 0 Å². The van der Waals surface area contributed by atoms with Gasteiger partial charge in [-0.05, 0) is 25.0 Å². The Morgan fingerprint density at radius 1 is 1.26 bits per heavy atom. The smallest absolute Gasteiger partial charge is 0.240 e. The van der Waals surface area contributed by atoms with Crippen LogP contribution in [0.15, 0.2) is 24.3 Å². The van der Waals surface area contributed by atoms with Crippen LogP contribution in [0.3, 0.4) is 0 Å². The Morgan fingerprint density at radius 2 is 1.95 bits per heavy atom. The number of primary amides is 1.